The molecule has 1 rings (SSSR count). The van der Waals surface area contributed by atoms with Crippen molar-refractivity contribution in [2.24, 2.45) is 5.41 Å². The van der Waals surface area contributed by atoms with Gasteiger partial charge in [0.25, 0.3) is 0 Å². The smallest absolute Gasteiger partial charge is 0.243 e. The Hall–Kier alpha value is -1.23. The minimum Gasteiger partial charge on any atom is -0.379 e. The molecule has 1 heterocycles. The fourth-order valence-corrected chi connectivity index (χ4v) is 1.94. The minimum absolute atomic E-state index is 0.0755. The van der Waals surface area contributed by atoms with Gasteiger partial charge in [0.15, 0.2) is 0 Å². The molecule has 1 aromatic rings. The van der Waals surface area contributed by atoms with E-state index in [1.807, 2.05) is 0 Å². The second-order valence-corrected chi connectivity index (χ2v) is 5.71. The lowest BCUT2D eigenvalue weighted by atomic mass is 9.89. The first-order valence-electron chi connectivity index (χ1n) is 6.91. The van der Waals surface area contributed by atoms with E-state index >= 15 is 0 Å². The first kappa shape index (κ1) is 15.8. The quantitative estimate of drug-likeness (QED) is 0.857. The average molecular weight is 266 g/mol. The molecule has 0 bridgehead atoms. The van der Waals surface area contributed by atoms with Crippen molar-refractivity contribution < 1.29 is 4.74 Å². The van der Waals surface area contributed by atoms with Gasteiger partial charge in [0.2, 0.25) is 5.95 Å². The number of rotatable bonds is 6. The third-order valence-electron chi connectivity index (χ3n) is 3.21. The molecule has 0 saturated carbocycles. The highest BCUT2D eigenvalue weighted by molar-refractivity contribution is 5.26. The molecule has 5 nitrogen and oxygen atoms in total. The van der Waals surface area contributed by atoms with Gasteiger partial charge in [0.1, 0.15) is 0 Å². The fraction of sp³-hybridized carbons (Fsp3) is 0.786. The maximum absolute atomic E-state index is 5.50. The van der Waals surface area contributed by atoms with Crippen LogP contribution >= 0.6 is 0 Å². The van der Waals surface area contributed by atoms with Crippen LogP contribution in [0.5, 0.6) is 0 Å². The molecule has 1 N–H and O–H groups in total. The van der Waals surface area contributed by atoms with Gasteiger partial charge in [0.05, 0.1) is 17.5 Å². The molecule has 0 aliphatic heterocycles. The lowest BCUT2D eigenvalue weighted by Gasteiger charge is -2.29. The normalized spacial score (nSPS) is 13.4. The molecule has 0 saturated heterocycles. The molecule has 1 atom stereocenters. The Bertz CT molecular complexity index is 401. The van der Waals surface area contributed by atoms with E-state index in [9.17, 15) is 0 Å². The molecule has 0 aliphatic carbocycles. The SMILES string of the molecule is CCc1nnc(NCC(OC)C(C)(C)C)nc1CC. The summed E-state index contributed by atoms with van der Waals surface area (Å²) in [6.45, 7) is 11.3. The summed E-state index contributed by atoms with van der Waals surface area (Å²) in [5.74, 6) is 0.584. The van der Waals surface area contributed by atoms with Gasteiger partial charge in [-0.3, -0.25) is 0 Å². The number of nitrogens with zero attached hydrogens (tertiary/aromatic N) is 3. The number of hydrogen-bond acceptors (Lipinski definition) is 5. The van der Waals surface area contributed by atoms with Gasteiger partial charge in [-0.1, -0.05) is 34.6 Å². The van der Waals surface area contributed by atoms with E-state index < -0.39 is 0 Å². The Morgan fingerprint density at radius 1 is 1.11 bits per heavy atom. The molecule has 1 unspecified atom stereocenters. The van der Waals surface area contributed by atoms with Crippen molar-refractivity contribution >= 4 is 5.95 Å². The Balaban J connectivity index is 2.72. The molecule has 0 aromatic carbocycles. The first-order chi connectivity index (χ1) is 8.92. The van der Waals surface area contributed by atoms with Gasteiger partial charge in [-0.2, -0.15) is 5.10 Å². The second kappa shape index (κ2) is 6.80. The topological polar surface area (TPSA) is 59.9 Å². The van der Waals surface area contributed by atoms with Gasteiger partial charge in [-0.15, -0.1) is 5.10 Å². The van der Waals surface area contributed by atoms with Crippen LogP contribution in [-0.2, 0) is 17.6 Å². The molecular weight excluding hydrogens is 240 g/mol. The van der Waals surface area contributed by atoms with E-state index in [-0.39, 0.29) is 11.5 Å². The summed E-state index contributed by atoms with van der Waals surface area (Å²) in [5, 5.41) is 11.6. The molecule has 0 fully saturated rings. The fourth-order valence-electron chi connectivity index (χ4n) is 1.94. The van der Waals surface area contributed by atoms with E-state index in [0.717, 1.165) is 24.2 Å². The third kappa shape index (κ3) is 4.42. The maximum atomic E-state index is 5.50. The lowest BCUT2D eigenvalue weighted by Crippen LogP contribution is -2.35. The van der Waals surface area contributed by atoms with E-state index in [0.29, 0.717) is 12.5 Å². The maximum Gasteiger partial charge on any atom is 0.243 e. The second-order valence-electron chi connectivity index (χ2n) is 5.71. The van der Waals surface area contributed by atoms with Crippen molar-refractivity contribution in [3.63, 3.8) is 0 Å². The van der Waals surface area contributed by atoms with Crippen LogP contribution in [0, 0.1) is 5.41 Å². The molecule has 0 aliphatic rings. The number of anilines is 1. The van der Waals surface area contributed by atoms with Crippen LogP contribution in [0.15, 0.2) is 0 Å². The largest absolute Gasteiger partial charge is 0.379 e. The zero-order valence-corrected chi connectivity index (χ0v) is 12.9. The van der Waals surface area contributed by atoms with Crippen molar-refractivity contribution in [2.75, 3.05) is 19.0 Å². The summed E-state index contributed by atoms with van der Waals surface area (Å²) in [6, 6.07) is 0. The summed E-state index contributed by atoms with van der Waals surface area (Å²) < 4.78 is 5.50. The number of hydrogen-bond donors (Lipinski definition) is 1. The standard InChI is InChI=1S/C14H26N4O/c1-7-10-11(8-2)17-18-13(16-10)15-9-12(19-6)14(3,4)5/h12H,7-9H2,1-6H3,(H,15,16,18). The van der Waals surface area contributed by atoms with Crippen LogP contribution in [0.1, 0.15) is 46.0 Å². The van der Waals surface area contributed by atoms with Crippen LogP contribution in [0.3, 0.4) is 0 Å². The Labute approximate surface area is 116 Å². The highest BCUT2D eigenvalue weighted by atomic mass is 16.5. The molecule has 0 radical (unpaired) electrons. The van der Waals surface area contributed by atoms with Crippen LogP contribution in [0.25, 0.3) is 0 Å². The number of nitrogens with one attached hydrogen (secondary N) is 1. The van der Waals surface area contributed by atoms with Gasteiger partial charge >= 0.3 is 0 Å². The first-order valence-corrected chi connectivity index (χ1v) is 6.91. The summed E-state index contributed by atoms with van der Waals surface area (Å²) in [7, 11) is 1.73. The Morgan fingerprint density at radius 3 is 2.21 bits per heavy atom. The molecule has 5 heteroatoms. The molecule has 0 spiro atoms. The summed E-state index contributed by atoms with van der Waals surface area (Å²) in [6.07, 6.45) is 1.85. The highest BCUT2D eigenvalue weighted by Gasteiger charge is 2.24. The van der Waals surface area contributed by atoms with E-state index in [4.69, 9.17) is 4.74 Å². The summed E-state index contributed by atoms with van der Waals surface area (Å²) >= 11 is 0. The highest BCUT2D eigenvalue weighted by Crippen LogP contribution is 2.21. The van der Waals surface area contributed by atoms with Crippen molar-refractivity contribution in [1.82, 2.24) is 15.2 Å². The van der Waals surface area contributed by atoms with Crippen LogP contribution in [0.2, 0.25) is 0 Å². The van der Waals surface area contributed by atoms with Crippen LogP contribution in [-0.4, -0.2) is 34.9 Å². The van der Waals surface area contributed by atoms with E-state index in [2.05, 4.69) is 55.1 Å². The number of ether oxygens (including phenoxy) is 1. The molecule has 19 heavy (non-hydrogen) atoms. The number of methoxy groups -OCH3 is 1. The third-order valence-corrected chi connectivity index (χ3v) is 3.21. The minimum atomic E-state index is 0.0755. The predicted molar refractivity (Wildman–Crippen MR) is 77.3 cm³/mol. The molecule has 1 aromatic heterocycles. The number of aryl methyl sites for hydroxylation is 2. The molecule has 0 amide bonds. The van der Waals surface area contributed by atoms with Crippen molar-refractivity contribution in [1.29, 1.82) is 0 Å². The Kier molecular flexibility index (Phi) is 5.66. The van der Waals surface area contributed by atoms with Crippen molar-refractivity contribution in [3.05, 3.63) is 11.4 Å². The van der Waals surface area contributed by atoms with Crippen LogP contribution in [0.4, 0.5) is 5.95 Å². The van der Waals surface area contributed by atoms with Crippen molar-refractivity contribution in [3.8, 4) is 0 Å². The lowest BCUT2D eigenvalue weighted by molar-refractivity contribution is 0.0268. The van der Waals surface area contributed by atoms with E-state index in [1.54, 1.807) is 7.11 Å². The summed E-state index contributed by atoms with van der Waals surface area (Å²) in [4.78, 5) is 4.51. The number of aromatic nitrogens is 3. The van der Waals surface area contributed by atoms with Gasteiger partial charge in [-0.25, -0.2) is 4.98 Å². The zero-order chi connectivity index (χ0) is 14.5. The average Bonchev–Trinajstić information content (AvgIpc) is 2.37. The molecule has 108 valence electrons. The zero-order valence-electron chi connectivity index (χ0n) is 12.9. The monoisotopic (exact) mass is 266 g/mol. The van der Waals surface area contributed by atoms with Gasteiger partial charge < -0.3 is 10.1 Å². The van der Waals surface area contributed by atoms with E-state index in [1.165, 1.54) is 0 Å². The van der Waals surface area contributed by atoms with Gasteiger partial charge in [0, 0.05) is 13.7 Å². The van der Waals surface area contributed by atoms with Crippen molar-refractivity contribution in [2.45, 2.75) is 53.6 Å². The molecular formula is C14H26N4O. The Morgan fingerprint density at radius 2 is 1.74 bits per heavy atom. The predicted octanol–water partition coefficient (Wildman–Crippen LogP) is 2.47. The van der Waals surface area contributed by atoms with Gasteiger partial charge in [-0.05, 0) is 18.3 Å². The van der Waals surface area contributed by atoms with Crippen LogP contribution < -0.4 is 5.32 Å². The summed E-state index contributed by atoms with van der Waals surface area (Å²) in [5.41, 5.74) is 2.07.